The average Bonchev–Trinajstić information content (AvgIpc) is 2.32. The standard InChI is InChI=1S/C11H24N2/c1-11(2,9-12)10-13-7-5-3-4-6-8-13/h3-10,12H2,1-2H3. The van der Waals surface area contributed by atoms with Crippen molar-refractivity contribution >= 4 is 0 Å². The average molecular weight is 184 g/mol. The molecule has 1 rings (SSSR count). The van der Waals surface area contributed by atoms with E-state index in [1.165, 1.54) is 45.3 Å². The lowest BCUT2D eigenvalue weighted by Crippen LogP contribution is -2.39. The van der Waals surface area contributed by atoms with Gasteiger partial charge in [0, 0.05) is 6.54 Å². The van der Waals surface area contributed by atoms with E-state index in [1.807, 2.05) is 0 Å². The second kappa shape index (κ2) is 4.97. The summed E-state index contributed by atoms with van der Waals surface area (Å²) in [5, 5.41) is 0. The molecule has 1 aliphatic heterocycles. The summed E-state index contributed by atoms with van der Waals surface area (Å²) in [4.78, 5) is 2.58. The van der Waals surface area contributed by atoms with Crippen molar-refractivity contribution in [3.8, 4) is 0 Å². The van der Waals surface area contributed by atoms with Crippen LogP contribution in [0.5, 0.6) is 0 Å². The lowest BCUT2D eigenvalue weighted by Gasteiger charge is -2.30. The van der Waals surface area contributed by atoms with Crippen LogP contribution in [0.4, 0.5) is 0 Å². The maximum Gasteiger partial charge on any atom is 0.00447 e. The van der Waals surface area contributed by atoms with E-state index in [1.54, 1.807) is 0 Å². The summed E-state index contributed by atoms with van der Waals surface area (Å²) in [6, 6.07) is 0. The Labute approximate surface area is 82.5 Å². The van der Waals surface area contributed by atoms with Gasteiger partial charge in [-0.2, -0.15) is 0 Å². The summed E-state index contributed by atoms with van der Waals surface area (Å²) in [5.74, 6) is 0. The fourth-order valence-electron chi connectivity index (χ4n) is 1.96. The smallest absolute Gasteiger partial charge is 0.00447 e. The Hall–Kier alpha value is -0.0800. The summed E-state index contributed by atoms with van der Waals surface area (Å²) in [6.45, 7) is 9.05. The minimum absolute atomic E-state index is 0.296. The first-order valence-electron chi connectivity index (χ1n) is 5.56. The fraction of sp³-hybridized carbons (Fsp3) is 1.00. The highest BCUT2D eigenvalue weighted by Gasteiger charge is 2.20. The van der Waals surface area contributed by atoms with Gasteiger partial charge in [-0.1, -0.05) is 26.7 Å². The number of nitrogens with two attached hydrogens (primary N) is 1. The molecule has 0 aliphatic carbocycles. The van der Waals surface area contributed by atoms with Crippen molar-refractivity contribution in [1.29, 1.82) is 0 Å². The Balaban J connectivity index is 2.33. The first kappa shape index (κ1) is 11.0. The normalized spacial score (nSPS) is 21.5. The molecule has 0 spiro atoms. The van der Waals surface area contributed by atoms with E-state index in [4.69, 9.17) is 5.73 Å². The van der Waals surface area contributed by atoms with Crippen molar-refractivity contribution in [2.75, 3.05) is 26.2 Å². The minimum Gasteiger partial charge on any atom is -0.330 e. The molecule has 0 aromatic rings. The SMILES string of the molecule is CC(C)(CN)CN1CCCCCC1. The third-order valence-corrected chi connectivity index (χ3v) is 2.90. The van der Waals surface area contributed by atoms with Crippen LogP contribution >= 0.6 is 0 Å². The third kappa shape index (κ3) is 4.10. The molecule has 13 heavy (non-hydrogen) atoms. The molecule has 2 nitrogen and oxygen atoms in total. The molecule has 1 saturated heterocycles. The van der Waals surface area contributed by atoms with Crippen LogP contribution in [-0.2, 0) is 0 Å². The van der Waals surface area contributed by atoms with E-state index >= 15 is 0 Å². The van der Waals surface area contributed by atoms with E-state index in [0.717, 1.165) is 6.54 Å². The highest BCUT2D eigenvalue weighted by molar-refractivity contribution is 4.75. The third-order valence-electron chi connectivity index (χ3n) is 2.90. The first-order valence-corrected chi connectivity index (χ1v) is 5.56. The van der Waals surface area contributed by atoms with Gasteiger partial charge in [0.25, 0.3) is 0 Å². The summed E-state index contributed by atoms with van der Waals surface area (Å²) in [6.07, 6.45) is 5.58. The number of hydrogen-bond acceptors (Lipinski definition) is 2. The molecule has 0 radical (unpaired) electrons. The van der Waals surface area contributed by atoms with Gasteiger partial charge < -0.3 is 10.6 Å². The molecule has 0 aromatic heterocycles. The zero-order valence-corrected chi connectivity index (χ0v) is 9.18. The maximum absolute atomic E-state index is 5.74. The number of likely N-dealkylation sites (tertiary alicyclic amines) is 1. The molecule has 0 aromatic carbocycles. The molecule has 0 saturated carbocycles. The van der Waals surface area contributed by atoms with E-state index in [9.17, 15) is 0 Å². The molecule has 78 valence electrons. The van der Waals surface area contributed by atoms with Crippen molar-refractivity contribution in [1.82, 2.24) is 4.90 Å². The van der Waals surface area contributed by atoms with Gasteiger partial charge in [0.05, 0.1) is 0 Å². The molecule has 1 heterocycles. The van der Waals surface area contributed by atoms with Crippen LogP contribution in [0.15, 0.2) is 0 Å². The second-order valence-electron chi connectivity index (χ2n) is 5.06. The Morgan fingerprint density at radius 3 is 2.08 bits per heavy atom. The van der Waals surface area contributed by atoms with Gasteiger partial charge >= 0.3 is 0 Å². The number of nitrogens with zero attached hydrogens (tertiary/aromatic N) is 1. The zero-order chi connectivity index (χ0) is 9.73. The lowest BCUT2D eigenvalue weighted by atomic mass is 9.93. The predicted molar refractivity (Wildman–Crippen MR) is 57.7 cm³/mol. The molecular weight excluding hydrogens is 160 g/mol. The van der Waals surface area contributed by atoms with Crippen molar-refractivity contribution < 1.29 is 0 Å². The number of hydrogen-bond donors (Lipinski definition) is 1. The van der Waals surface area contributed by atoms with Crippen LogP contribution in [0, 0.1) is 5.41 Å². The first-order chi connectivity index (χ1) is 6.14. The van der Waals surface area contributed by atoms with Gasteiger partial charge in [0.2, 0.25) is 0 Å². The second-order valence-corrected chi connectivity index (χ2v) is 5.06. The van der Waals surface area contributed by atoms with Crippen molar-refractivity contribution in [2.24, 2.45) is 11.1 Å². The summed E-state index contributed by atoms with van der Waals surface area (Å²) in [5.41, 5.74) is 6.03. The summed E-state index contributed by atoms with van der Waals surface area (Å²) < 4.78 is 0. The topological polar surface area (TPSA) is 29.3 Å². The Morgan fingerprint density at radius 1 is 1.08 bits per heavy atom. The molecule has 1 aliphatic rings. The minimum atomic E-state index is 0.296. The molecule has 2 N–H and O–H groups in total. The summed E-state index contributed by atoms with van der Waals surface area (Å²) in [7, 11) is 0. The molecule has 0 bridgehead atoms. The van der Waals surface area contributed by atoms with Crippen molar-refractivity contribution in [3.05, 3.63) is 0 Å². The Kier molecular flexibility index (Phi) is 4.20. The largest absolute Gasteiger partial charge is 0.330 e. The van der Waals surface area contributed by atoms with E-state index in [0.29, 0.717) is 5.41 Å². The lowest BCUT2D eigenvalue weighted by molar-refractivity contribution is 0.188. The maximum atomic E-state index is 5.74. The van der Waals surface area contributed by atoms with Gasteiger partial charge in [0.15, 0.2) is 0 Å². The molecule has 0 unspecified atom stereocenters. The Bertz CT molecular complexity index is 135. The molecule has 2 heteroatoms. The molecule has 1 fully saturated rings. The number of rotatable bonds is 3. The van der Waals surface area contributed by atoms with Gasteiger partial charge in [-0.15, -0.1) is 0 Å². The summed E-state index contributed by atoms with van der Waals surface area (Å²) >= 11 is 0. The monoisotopic (exact) mass is 184 g/mol. The van der Waals surface area contributed by atoms with E-state index in [2.05, 4.69) is 18.7 Å². The highest BCUT2D eigenvalue weighted by atomic mass is 15.1. The van der Waals surface area contributed by atoms with Crippen molar-refractivity contribution in [3.63, 3.8) is 0 Å². The van der Waals surface area contributed by atoms with Crippen LogP contribution in [-0.4, -0.2) is 31.1 Å². The van der Waals surface area contributed by atoms with E-state index in [-0.39, 0.29) is 0 Å². The van der Waals surface area contributed by atoms with Gasteiger partial charge in [0.1, 0.15) is 0 Å². The van der Waals surface area contributed by atoms with Crippen LogP contribution in [0.2, 0.25) is 0 Å². The predicted octanol–water partition coefficient (Wildman–Crippen LogP) is 1.85. The van der Waals surface area contributed by atoms with E-state index < -0.39 is 0 Å². The zero-order valence-electron chi connectivity index (χ0n) is 9.18. The van der Waals surface area contributed by atoms with Gasteiger partial charge in [-0.25, -0.2) is 0 Å². The molecule has 0 amide bonds. The van der Waals surface area contributed by atoms with Crippen LogP contribution in [0.3, 0.4) is 0 Å². The van der Waals surface area contributed by atoms with Crippen LogP contribution in [0.25, 0.3) is 0 Å². The van der Waals surface area contributed by atoms with Crippen LogP contribution in [0.1, 0.15) is 39.5 Å². The van der Waals surface area contributed by atoms with Gasteiger partial charge in [-0.3, -0.25) is 0 Å². The molecular formula is C11H24N2. The van der Waals surface area contributed by atoms with Crippen LogP contribution < -0.4 is 5.73 Å². The quantitative estimate of drug-likeness (QED) is 0.725. The fourth-order valence-corrected chi connectivity index (χ4v) is 1.96. The Morgan fingerprint density at radius 2 is 1.62 bits per heavy atom. The van der Waals surface area contributed by atoms with Crippen molar-refractivity contribution in [2.45, 2.75) is 39.5 Å². The van der Waals surface area contributed by atoms with Gasteiger partial charge in [-0.05, 0) is 37.9 Å². The molecule has 0 atom stereocenters. The highest BCUT2D eigenvalue weighted by Crippen LogP contribution is 2.18.